The van der Waals surface area contributed by atoms with Crippen LogP contribution in [0.3, 0.4) is 0 Å². The third-order valence-electron chi connectivity index (χ3n) is 3.75. The minimum atomic E-state index is -4.37. The molecule has 1 aliphatic carbocycles. The van der Waals surface area contributed by atoms with Crippen molar-refractivity contribution in [1.29, 1.82) is 0 Å². The van der Waals surface area contributed by atoms with E-state index in [-0.39, 0.29) is 30.2 Å². The van der Waals surface area contributed by atoms with E-state index in [4.69, 9.17) is 16.3 Å². The summed E-state index contributed by atoms with van der Waals surface area (Å²) in [4.78, 5) is 8.36. The largest absolute Gasteiger partial charge is 0.481 e. The van der Waals surface area contributed by atoms with E-state index in [1.807, 2.05) is 0 Å². The van der Waals surface area contributed by atoms with E-state index >= 15 is 0 Å². The predicted molar refractivity (Wildman–Crippen MR) is 71.6 cm³/mol. The van der Waals surface area contributed by atoms with Gasteiger partial charge in [0.05, 0.1) is 12.5 Å². The zero-order chi connectivity index (χ0) is 15.4. The lowest BCUT2D eigenvalue weighted by Gasteiger charge is -2.24. The lowest BCUT2D eigenvalue weighted by atomic mass is 10.2. The molecule has 1 fully saturated rings. The van der Waals surface area contributed by atoms with E-state index < -0.39 is 17.1 Å². The molecule has 1 saturated carbocycles. The topological polar surface area (TPSA) is 39.9 Å². The summed E-state index contributed by atoms with van der Waals surface area (Å²) in [5.41, 5.74) is -1.40. The summed E-state index contributed by atoms with van der Waals surface area (Å²) in [6, 6.07) is 3.16. The number of methoxy groups -OCH3 is 1. The number of hydrogen-bond acceptors (Lipinski definition) is 3. The zero-order valence-corrected chi connectivity index (χ0v) is 12.2. The van der Waals surface area contributed by atoms with Crippen molar-refractivity contribution in [3.8, 4) is 5.88 Å². The van der Waals surface area contributed by atoms with E-state index in [9.17, 15) is 13.2 Å². The maximum absolute atomic E-state index is 13.5. The molecule has 0 spiro atoms. The average Bonchev–Trinajstić information content (AvgIpc) is 3.13. The van der Waals surface area contributed by atoms with Crippen LogP contribution < -0.4 is 4.74 Å². The Kier molecular flexibility index (Phi) is 3.09. The maximum atomic E-state index is 13.5. The fraction of sp³-hybridized carbons (Fsp3) is 0.538. The number of nitrogens with zero attached hydrogens (tertiary/aromatic N) is 3. The van der Waals surface area contributed by atoms with Crippen LogP contribution in [0.5, 0.6) is 5.88 Å². The van der Waals surface area contributed by atoms with Gasteiger partial charge in [0.2, 0.25) is 5.88 Å². The summed E-state index contributed by atoms with van der Waals surface area (Å²) in [5.74, 6) is 0.428. The van der Waals surface area contributed by atoms with Crippen molar-refractivity contribution < 1.29 is 17.9 Å². The molecule has 1 aliphatic rings. The fourth-order valence-corrected chi connectivity index (χ4v) is 2.66. The molecule has 2 aromatic rings. The minimum absolute atomic E-state index is 0.0114. The Labute approximate surface area is 123 Å². The van der Waals surface area contributed by atoms with Gasteiger partial charge in [-0.2, -0.15) is 18.2 Å². The molecule has 3 rings (SSSR count). The zero-order valence-electron chi connectivity index (χ0n) is 11.4. The summed E-state index contributed by atoms with van der Waals surface area (Å²) in [5, 5.41) is -0.648. The van der Waals surface area contributed by atoms with Crippen LogP contribution in [0, 0.1) is 0 Å². The predicted octanol–water partition coefficient (Wildman–Crippen LogP) is 3.79. The highest BCUT2D eigenvalue weighted by atomic mass is 35.5. The Morgan fingerprint density at radius 2 is 2.00 bits per heavy atom. The van der Waals surface area contributed by atoms with Crippen molar-refractivity contribution in [2.24, 2.45) is 0 Å². The number of halogens is 4. The van der Waals surface area contributed by atoms with Crippen molar-refractivity contribution in [3.63, 3.8) is 0 Å². The first kappa shape index (κ1) is 14.4. The van der Waals surface area contributed by atoms with E-state index in [1.54, 1.807) is 19.1 Å². The normalized spacial score (nSPS) is 18.8. The number of pyridine rings is 1. The number of fused-ring (bicyclic) bond motifs is 1. The highest BCUT2D eigenvalue weighted by molar-refractivity contribution is 6.20. The summed E-state index contributed by atoms with van der Waals surface area (Å²) < 4.78 is 46.5. The van der Waals surface area contributed by atoms with Gasteiger partial charge < -0.3 is 4.74 Å². The third kappa shape index (κ3) is 2.06. The molecule has 0 radical (unpaired) electrons. The molecule has 21 heavy (non-hydrogen) atoms. The van der Waals surface area contributed by atoms with Gasteiger partial charge in [-0.05, 0) is 25.8 Å². The van der Waals surface area contributed by atoms with Crippen LogP contribution in [0.2, 0.25) is 0 Å². The second kappa shape index (κ2) is 4.50. The Morgan fingerprint density at radius 1 is 1.33 bits per heavy atom. The SMILES string of the molecule is COc1ccc2nc(C(C)Cl)n(C3(C(F)(F)F)CC3)c2n1. The molecular formula is C13H13ClF3N3O. The molecule has 8 heteroatoms. The van der Waals surface area contributed by atoms with Crippen molar-refractivity contribution in [3.05, 3.63) is 18.0 Å². The third-order valence-corrected chi connectivity index (χ3v) is 3.94. The van der Waals surface area contributed by atoms with Gasteiger partial charge in [0.15, 0.2) is 5.65 Å². The van der Waals surface area contributed by atoms with Gasteiger partial charge in [-0.15, -0.1) is 11.6 Å². The summed E-state index contributed by atoms with van der Waals surface area (Å²) in [6.07, 6.45) is -4.35. The lowest BCUT2D eigenvalue weighted by molar-refractivity contribution is -0.179. The molecule has 0 bridgehead atoms. The molecule has 2 heterocycles. The average molecular weight is 320 g/mol. The second-order valence-corrected chi connectivity index (χ2v) is 5.80. The molecule has 1 atom stereocenters. The van der Waals surface area contributed by atoms with Gasteiger partial charge in [0, 0.05) is 6.07 Å². The van der Waals surface area contributed by atoms with Crippen LogP contribution in [0.4, 0.5) is 13.2 Å². The van der Waals surface area contributed by atoms with Gasteiger partial charge in [-0.1, -0.05) is 0 Å². The van der Waals surface area contributed by atoms with Crippen LogP contribution in [0.25, 0.3) is 11.2 Å². The Bertz CT molecular complexity index is 692. The highest BCUT2D eigenvalue weighted by Gasteiger charge is 2.66. The van der Waals surface area contributed by atoms with E-state index in [1.165, 1.54) is 7.11 Å². The monoisotopic (exact) mass is 319 g/mol. The first-order chi connectivity index (χ1) is 9.80. The van der Waals surface area contributed by atoms with Crippen LogP contribution in [-0.2, 0) is 5.54 Å². The molecule has 2 aromatic heterocycles. The van der Waals surface area contributed by atoms with Crippen molar-refractivity contribution >= 4 is 22.8 Å². The molecule has 0 aromatic carbocycles. The van der Waals surface area contributed by atoms with Crippen LogP contribution in [-0.4, -0.2) is 27.8 Å². The molecule has 4 nitrogen and oxygen atoms in total. The van der Waals surface area contributed by atoms with Gasteiger partial charge in [-0.3, -0.25) is 4.57 Å². The van der Waals surface area contributed by atoms with Gasteiger partial charge in [-0.25, -0.2) is 4.98 Å². The Morgan fingerprint density at radius 3 is 2.48 bits per heavy atom. The van der Waals surface area contributed by atoms with Gasteiger partial charge in [0.1, 0.15) is 16.9 Å². The smallest absolute Gasteiger partial charge is 0.412 e. The number of aromatic nitrogens is 3. The number of imidazole rings is 1. The summed E-state index contributed by atoms with van der Waals surface area (Å²) in [6.45, 7) is 1.60. The Hall–Kier alpha value is -1.50. The molecule has 0 saturated heterocycles. The van der Waals surface area contributed by atoms with Crippen LogP contribution in [0.1, 0.15) is 31.0 Å². The van der Waals surface area contributed by atoms with Crippen LogP contribution >= 0.6 is 11.6 Å². The number of alkyl halides is 4. The molecular weight excluding hydrogens is 307 g/mol. The molecule has 0 N–H and O–H groups in total. The number of ether oxygens (including phenoxy) is 1. The van der Waals surface area contributed by atoms with Crippen molar-refractivity contribution in [1.82, 2.24) is 14.5 Å². The molecule has 1 unspecified atom stereocenters. The Balaban J connectivity index is 2.30. The van der Waals surface area contributed by atoms with E-state index in [0.29, 0.717) is 5.52 Å². The maximum Gasteiger partial charge on any atom is 0.412 e. The van der Waals surface area contributed by atoms with Crippen LogP contribution in [0.15, 0.2) is 12.1 Å². The van der Waals surface area contributed by atoms with Gasteiger partial charge in [0.25, 0.3) is 0 Å². The molecule has 0 amide bonds. The first-order valence-electron chi connectivity index (χ1n) is 6.45. The van der Waals surface area contributed by atoms with E-state index in [0.717, 1.165) is 4.57 Å². The number of rotatable bonds is 3. The van der Waals surface area contributed by atoms with Crippen molar-refractivity contribution in [2.45, 2.75) is 36.9 Å². The van der Waals surface area contributed by atoms with E-state index in [2.05, 4.69) is 9.97 Å². The minimum Gasteiger partial charge on any atom is -0.481 e. The number of hydrogen-bond donors (Lipinski definition) is 0. The first-order valence-corrected chi connectivity index (χ1v) is 6.88. The fourth-order valence-electron chi connectivity index (χ4n) is 2.51. The van der Waals surface area contributed by atoms with Gasteiger partial charge >= 0.3 is 6.18 Å². The van der Waals surface area contributed by atoms with Crippen molar-refractivity contribution in [2.75, 3.05) is 7.11 Å². The highest BCUT2D eigenvalue weighted by Crippen LogP contribution is 2.57. The summed E-state index contributed by atoms with van der Waals surface area (Å²) >= 11 is 6.03. The summed E-state index contributed by atoms with van der Waals surface area (Å²) in [7, 11) is 1.41. The standard InChI is InChI=1S/C13H13ClF3N3O/c1-7(14)10-18-8-3-4-9(21-2)19-11(8)20(10)12(5-6-12)13(15,16)17/h3-4,7H,5-6H2,1-2H3. The molecule has 114 valence electrons. The second-order valence-electron chi connectivity index (χ2n) is 5.15. The lowest BCUT2D eigenvalue weighted by Crippen LogP contribution is -2.36. The molecule has 0 aliphatic heterocycles. The quantitative estimate of drug-likeness (QED) is 0.808.